The first-order valence-corrected chi connectivity index (χ1v) is 26.1. The minimum absolute atomic E-state index is 0.126. The minimum atomic E-state index is -4.57. The summed E-state index contributed by atoms with van der Waals surface area (Å²) in [5, 5.41) is 14.4. The molecular formula is C53H59ClF3N7O4S2. The Morgan fingerprint density at radius 3 is 2.14 bits per heavy atom. The SMILES string of the molecule is Cc1c(C(=O)N2CC(C)(O)C2)c(-c2cccc(N3CCN(c4ccc(NS(=O)(=O)c5ccc(N[C@H](CCN(C)C)CSc6ccccc6)c(CC(F)(F)F)c5)cc4)CC3)c2)c(-c2ccc(Cl)cc2)n1C. The molecule has 0 saturated carbocycles. The fraction of sp³-hybridized carbons (Fsp3) is 0.340. The van der Waals surface area contributed by atoms with Gasteiger partial charge in [0.1, 0.15) is 0 Å². The number of sulfonamides is 1. The van der Waals surface area contributed by atoms with E-state index in [-0.39, 0.29) is 46.9 Å². The van der Waals surface area contributed by atoms with Gasteiger partial charge in [-0.3, -0.25) is 9.52 Å². The highest BCUT2D eigenvalue weighted by Crippen LogP contribution is 2.42. The zero-order valence-electron chi connectivity index (χ0n) is 39.9. The third-order valence-corrected chi connectivity index (χ3v) is 15.7. The van der Waals surface area contributed by atoms with E-state index in [1.165, 1.54) is 12.1 Å². The Bertz CT molecular complexity index is 2900. The van der Waals surface area contributed by atoms with Crippen LogP contribution in [0.2, 0.25) is 5.02 Å². The molecule has 6 aromatic rings. The molecule has 2 fully saturated rings. The minimum Gasteiger partial charge on any atom is -0.386 e. The van der Waals surface area contributed by atoms with Gasteiger partial charge in [-0.05, 0) is 136 Å². The van der Waals surface area contributed by atoms with E-state index in [9.17, 15) is 31.5 Å². The van der Waals surface area contributed by atoms with Crippen LogP contribution >= 0.6 is 23.4 Å². The van der Waals surface area contributed by atoms with Crippen molar-refractivity contribution in [2.75, 3.05) is 85.5 Å². The summed E-state index contributed by atoms with van der Waals surface area (Å²) in [5.41, 5.74) is 6.32. The zero-order chi connectivity index (χ0) is 50.0. The lowest BCUT2D eigenvalue weighted by Gasteiger charge is -2.44. The van der Waals surface area contributed by atoms with Gasteiger partial charge in [-0.25, -0.2) is 8.42 Å². The van der Waals surface area contributed by atoms with Crippen LogP contribution < -0.4 is 19.8 Å². The third kappa shape index (κ3) is 12.1. The fourth-order valence-electron chi connectivity index (χ4n) is 9.19. The number of hydrogen-bond acceptors (Lipinski definition) is 9. The van der Waals surface area contributed by atoms with Crippen LogP contribution in [0, 0.1) is 6.92 Å². The average Bonchev–Trinajstić information content (AvgIpc) is 3.58. The van der Waals surface area contributed by atoms with Crippen LogP contribution in [0.5, 0.6) is 0 Å². The molecule has 0 aliphatic carbocycles. The molecule has 2 saturated heterocycles. The standard InChI is InChI=1S/C53H59ClF3N7O4S2/c1-36-48(51(65)64-34-52(2,66)35-64)49(50(61(36)5)37-14-16-40(54)17-15-37)38-10-9-11-44(30-38)63-28-26-62(27-29-63)43-20-18-41(19-21-43)59-70(67,68)46-22-23-47(39(31-46)32-53(55,56)57)58-42(24-25-60(3)4)33-69-45-12-7-6-8-13-45/h6-23,30-31,42,58-59,66H,24-29,32-35H2,1-5H3/t42-/m1/s1. The van der Waals surface area contributed by atoms with E-state index in [0.717, 1.165) is 50.4 Å². The number of rotatable bonds is 17. The van der Waals surface area contributed by atoms with Crippen molar-refractivity contribution in [3.05, 3.63) is 143 Å². The molecule has 2 aliphatic rings. The van der Waals surface area contributed by atoms with E-state index < -0.39 is 28.2 Å². The molecule has 370 valence electrons. The van der Waals surface area contributed by atoms with Gasteiger partial charge < -0.3 is 34.6 Å². The van der Waals surface area contributed by atoms with Gasteiger partial charge in [0.05, 0.1) is 41.3 Å². The lowest BCUT2D eigenvalue weighted by Crippen LogP contribution is -2.61. The van der Waals surface area contributed by atoms with E-state index in [1.54, 1.807) is 35.7 Å². The number of carbonyl (C=O) groups excluding carboxylic acids is 1. The lowest BCUT2D eigenvalue weighted by atomic mass is 9.92. The summed E-state index contributed by atoms with van der Waals surface area (Å²) in [5.74, 6) is 0.475. The number of nitrogens with one attached hydrogen (secondary N) is 2. The fourth-order valence-corrected chi connectivity index (χ4v) is 11.4. The van der Waals surface area contributed by atoms with Crippen LogP contribution in [0.3, 0.4) is 0 Å². The van der Waals surface area contributed by atoms with Gasteiger partial charge in [-0.1, -0.05) is 54.1 Å². The molecule has 5 aromatic carbocycles. The van der Waals surface area contributed by atoms with Crippen molar-refractivity contribution in [3.8, 4) is 22.4 Å². The smallest absolute Gasteiger partial charge is 0.386 e. The Hall–Kier alpha value is -5.65. The number of halogens is 4. The molecule has 0 unspecified atom stereocenters. The maximum atomic E-state index is 14.2. The number of nitrogens with zero attached hydrogens (tertiary/aromatic N) is 5. The number of piperazine rings is 1. The normalized spacial score (nSPS) is 15.5. The number of carbonyl (C=O) groups is 1. The Morgan fingerprint density at radius 1 is 0.857 bits per heavy atom. The predicted molar refractivity (Wildman–Crippen MR) is 278 cm³/mol. The Balaban J connectivity index is 0.950. The molecule has 1 atom stereocenters. The maximum Gasteiger partial charge on any atom is 0.393 e. The Kier molecular flexibility index (Phi) is 15.2. The molecule has 3 N–H and O–H groups in total. The average molecular weight is 1010 g/mol. The van der Waals surface area contributed by atoms with E-state index in [0.29, 0.717) is 55.5 Å². The van der Waals surface area contributed by atoms with Gasteiger partial charge in [-0.2, -0.15) is 13.2 Å². The van der Waals surface area contributed by atoms with Crippen molar-refractivity contribution >= 4 is 62.0 Å². The van der Waals surface area contributed by atoms with Crippen molar-refractivity contribution < 1.29 is 31.5 Å². The van der Waals surface area contributed by atoms with Crippen LogP contribution in [0.15, 0.2) is 131 Å². The van der Waals surface area contributed by atoms with Gasteiger partial charge >= 0.3 is 6.18 Å². The zero-order valence-corrected chi connectivity index (χ0v) is 42.3. The number of hydrogen-bond donors (Lipinski definition) is 3. The summed E-state index contributed by atoms with van der Waals surface area (Å²) in [6.45, 7) is 7.65. The quantitative estimate of drug-likeness (QED) is 0.0769. The summed E-state index contributed by atoms with van der Waals surface area (Å²) in [6.07, 6.45) is -5.19. The molecule has 1 aromatic heterocycles. The number of likely N-dealkylation sites (tertiary alicyclic amines) is 1. The highest BCUT2D eigenvalue weighted by atomic mass is 35.5. The van der Waals surface area contributed by atoms with Crippen LogP contribution in [-0.2, 0) is 23.5 Å². The number of β-amino-alcohol motifs (C(OH)–C–C–N with tert-alkyl or cyclic N) is 1. The van der Waals surface area contributed by atoms with Crippen molar-refractivity contribution in [2.24, 2.45) is 7.05 Å². The first kappa shape index (κ1) is 50.7. The molecule has 17 heteroatoms. The largest absolute Gasteiger partial charge is 0.393 e. The van der Waals surface area contributed by atoms with Crippen molar-refractivity contribution in [1.82, 2.24) is 14.4 Å². The van der Waals surface area contributed by atoms with Gasteiger partial charge in [0.15, 0.2) is 0 Å². The summed E-state index contributed by atoms with van der Waals surface area (Å²) >= 11 is 7.90. The number of thioether (sulfide) groups is 1. The molecular weight excluding hydrogens is 955 g/mol. The Morgan fingerprint density at radius 2 is 1.51 bits per heavy atom. The summed E-state index contributed by atoms with van der Waals surface area (Å²) in [4.78, 5) is 23.2. The first-order chi connectivity index (χ1) is 33.2. The third-order valence-electron chi connectivity index (χ3n) is 12.9. The topological polar surface area (TPSA) is 113 Å². The summed E-state index contributed by atoms with van der Waals surface area (Å²) < 4.78 is 74.0. The first-order valence-electron chi connectivity index (χ1n) is 23.2. The van der Waals surface area contributed by atoms with E-state index in [4.69, 9.17) is 11.6 Å². The Labute approximate surface area is 418 Å². The molecule has 0 bridgehead atoms. The molecule has 0 radical (unpaired) electrons. The molecule has 0 spiro atoms. The van der Waals surface area contributed by atoms with Crippen molar-refractivity contribution in [3.63, 3.8) is 0 Å². The van der Waals surface area contributed by atoms with E-state index in [1.807, 2.05) is 116 Å². The van der Waals surface area contributed by atoms with Crippen molar-refractivity contribution in [1.29, 1.82) is 0 Å². The molecule has 1 amide bonds. The van der Waals surface area contributed by atoms with Crippen LogP contribution in [0.25, 0.3) is 22.4 Å². The molecule has 3 heterocycles. The number of aliphatic hydroxyl groups is 1. The maximum absolute atomic E-state index is 14.2. The number of alkyl halides is 3. The second kappa shape index (κ2) is 21.0. The van der Waals surface area contributed by atoms with Gasteiger partial charge in [0.25, 0.3) is 15.9 Å². The number of aromatic nitrogens is 1. The number of anilines is 4. The van der Waals surface area contributed by atoms with Gasteiger partial charge in [-0.15, -0.1) is 11.8 Å². The molecule has 8 rings (SSSR count). The number of amides is 1. The second-order valence-electron chi connectivity index (χ2n) is 18.8. The van der Waals surface area contributed by atoms with Crippen molar-refractivity contribution in [2.45, 2.75) is 54.3 Å². The van der Waals surface area contributed by atoms with E-state index in [2.05, 4.69) is 32.0 Å². The predicted octanol–water partition coefficient (Wildman–Crippen LogP) is 10.3. The highest BCUT2D eigenvalue weighted by Gasteiger charge is 2.42. The van der Waals surface area contributed by atoms with Crippen LogP contribution in [-0.4, -0.2) is 117 Å². The highest BCUT2D eigenvalue weighted by molar-refractivity contribution is 7.99. The van der Waals surface area contributed by atoms with Gasteiger partial charge in [0, 0.05) is 88.9 Å². The van der Waals surface area contributed by atoms with Gasteiger partial charge in [0.2, 0.25) is 0 Å². The monoisotopic (exact) mass is 1010 g/mol. The van der Waals surface area contributed by atoms with Crippen LogP contribution in [0.4, 0.5) is 35.9 Å². The summed E-state index contributed by atoms with van der Waals surface area (Å²) in [6, 6.07) is 36.3. The molecule has 11 nitrogen and oxygen atoms in total. The lowest BCUT2D eigenvalue weighted by molar-refractivity contribution is -0.127. The second-order valence-corrected chi connectivity index (χ2v) is 22.0. The van der Waals surface area contributed by atoms with Crippen LogP contribution in [0.1, 0.15) is 35.0 Å². The summed E-state index contributed by atoms with van der Waals surface area (Å²) in [7, 11) is 1.59. The number of benzene rings is 5. The molecule has 2 aliphatic heterocycles. The molecule has 70 heavy (non-hydrogen) atoms. The van der Waals surface area contributed by atoms with E-state index >= 15 is 0 Å².